The predicted octanol–water partition coefficient (Wildman–Crippen LogP) is 4.58. The second kappa shape index (κ2) is 9.43. The van der Waals surface area contributed by atoms with Gasteiger partial charge in [-0.2, -0.15) is 0 Å². The molecule has 2 aromatic carbocycles. The van der Waals surface area contributed by atoms with Crippen molar-refractivity contribution in [3.8, 4) is 16.9 Å². The Balaban J connectivity index is 1.10. The molecule has 1 aromatic heterocycles. The number of nitrogens with zero attached hydrogens (tertiary/aromatic N) is 2. The lowest BCUT2D eigenvalue weighted by Gasteiger charge is -2.30. The lowest BCUT2D eigenvalue weighted by atomic mass is 9.95. The van der Waals surface area contributed by atoms with Gasteiger partial charge in [0.1, 0.15) is 5.75 Å². The van der Waals surface area contributed by atoms with E-state index in [2.05, 4.69) is 63.0 Å². The van der Waals surface area contributed by atoms with Gasteiger partial charge in [-0.05, 0) is 67.2 Å². The molecule has 166 valence electrons. The van der Waals surface area contributed by atoms with E-state index >= 15 is 0 Å². The van der Waals surface area contributed by atoms with E-state index in [9.17, 15) is 4.79 Å². The van der Waals surface area contributed by atoms with Crippen molar-refractivity contribution in [2.24, 2.45) is 5.92 Å². The number of benzene rings is 2. The normalized spacial score (nSPS) is 16.5. The van der Waals surface area contributed by atoms with Gasteiger partial charge in [0, 0.05) is 30.8 Å². The SMILES string of the molecule is Cc1nc(CN2CCC(C(=O)NCc3ccc(-c4ccc5c(c4)CCO5)cc3)CC2)cs1. The monoisotopic (exact) mass is 447 g/mol. The number of hydrogen-bond donors (Lipinski definition) is 1. The second-order valence-electron chi connectivity index (χ2n) is 8.74. The molecule has 1 amide bonds. The lowest BCUT2D eigenvalue weighted by molar-refractivity contribution is -0.126. The van der Waals surface area contributed by atoms with Crippen LogP contribution in [-0.4, -0.2) is 35.5 Å². The van der Waals surface area contributed by atoms with Crippen molar-refractivity contribution >= 4 is 17.2 Å². The smallest absolute Gasteiger partial charge is 0.223 e. The van der Waals surface area contributed by atoms with Crippen molar-refractivity contribution in [3.05, 3.63) is 69.7 Å². The molecule has 5 rings (SSSR count). The van der Waals surface area contributed by atoms with Gasteiger partial charge in [-0.1, -0.05) is 30.3 Å². The van der Waals surface area contributed by atoms with Gasteiger partial charge in [0.2, 0.25) is 5.91 Å². The van der Waals surface area contributed by atoms with Crippen LogP contribution in [0.25, 0.3) is 11.1 Å². The summed E-state index contributed by atoms with van der Waals surface area (Å²) in [6, 6.07) is 14.9. The second-order valence-corrected chi connectivity index (χ2v) is 9.81. The highest BCUT2D eigenvalue weighted by molar-refractivity contribution is 7.09. The summed E-state index contributed by atoms with van der Waals surface area (Å²) < 4.78 is 5.60. The van der Waals surface area contributed by atoms with Crippen molar-refractivity contribution in [2.75, 3.05) is 19.7 Å². The van der Waals surface area contributed by atoms with Crippen LogP contribution in [-0.2, 0) is 24.3 Å². The summed E-state index contributed by atoms with van der Waals surface area (Å²) in [5.41, 5.74) is 5.96. The molecular weight excluding hydrogens is 418 g/mol. The fourth-order valence-electron chi connectivity index (χ4n) is 4.58. The zero-order valence-corrected chi connectivity index (χ0v) is 19.3. The molecule has 5 nitrogen and oxygen atoms in total. The van der Waals surface area contributed by atoms with E-state index in [1.807, 2.05) is 6.92 Å². The number of carbonyl (C=O) groups excluding carboxylic acids is 1. The third-order valence-corrected chi connectivity index (χ3v) is 7.28. The van der Waals surface area contributed by atoms with Crippen LogP contribution in [0.3, 0.4) is 0 Å². The molecule has 0 spiro atoms. The first-order valence-corrected chi connectivity index (χ1v) is 12.3. The maximum absolute atomic E-state index is 12.7. The van der Waals surface area contributed by atoms with E-state index in [0.717, 1.165) is 67.5 Å². The molecule has 0 bridgehead atoms. The van der Waals surface area contributed by atoms with Gasteiger partial charge < -0.3 is 10.1 Å². The fraction of sp³-hybridized carbons (Fsp3) is 0.385. The molecule has 3 heterocycles. The molecule has 2 aliphatic heterocycles. The minimum Gasteiger partial charge on any atom is -0.493 e. The van der Waals surface area contributed by atoms with Crippen LogP contribution in [0.5, 0.6) is 5.75 Å². The van der Waals surface area contributed by atoms with E-state index in [-0.39, 0.29) is 11.8 Å². The molecule has 1 N–H and O–H groups in total. The molecule has 0 aliphatic carbocycles. The highest BCUT2D eigenvalue weighted by Gasteiger charge is 2.25. The first-order chi connectivity index (χ1) is 15.6. The number of piperidine rings is 1. The average Bonchev–Trinajstić information content (AvgIpc) is 3.46. The topological polar surface area (TPSA) is 54.5 Å². The van der Waals surface area contributed by atoms with Crippen molar-refractivity contribution in [3.63, 3.8) is 0 Å². The third kappa shape index (κ3) is 4.87. The number of hydrogen-bond acceptors (Lipinski definition) is 5. The maximum atomic E-state index is 12.7. The molecule has 1 saturated heterocycles. The number of aromatic nitrogens is 1. The Morgan fingerprint density at radius 3 is 2.69 bits per heavy atom. The fourth-order valence-corrected chi connectivity index (χ4v) is 5.18. The van der Waals surface area contributed by atoms with Crippen LogP contribution in [0.4, 0.5) is 0 Å². The van der Waals surface area contributed by atoms with E-state index in [0.29, 0.717) is 6.54 Å². The Labute approximate surface area is 193 Å². The molecule has 0 unspecified atom stereocenters. The molecule has 2 aliphatic rings. The molecular formula is C26H29N3O2S. The maximum Gasteiger partial charge on any atom is 0.223 e. The molecule has 3 aromatic rings. The number of amides is 1. The number of fused-ring (bicyclic) bond motifs is 1. The first kappa shape index (κ1) is 21.2. The van der Waals surface area contributed by atoms with Crippen LogP contribution in [0.1, 0.15) is 34.7 Å². The molecule has 1 fully saturated rings. The molecule has 0 atom stereocenters. The number of rotatable bonds is 6. The van der Waals surface area contributed by atoms with Gasteiger partial charge >= 0.3 is 0 Å². The number of nitrogens with one attached hydrogen (secondary N) is 1. The zero-order chi connectivity index (χ0) is 21.9. The van der Waals surface area contributed by atoms with Crippen LogP contribution in [0.15, 0.2) is 47.8 Å². The van der Waals surface area contributed by atoms with E-state index in [1.165, 1.54) is 16.7 Å². The van der Waals surface area contributed by atoms with Gasteiger partial charge in [-0.15, -0.1) is 11.3 Å². The van der Waals surface area contributed by atoms with Crippen molar-refractivity contribution in [1.82, 2.24) is 15.2 Å². The summed E-state index contributed by atoms with van der Waals surface area (Å²) in [6.45, 7) is 6.20. The summed E-state index contributed by atoms with van der Waals surface area (Å²) in [4.78, 5) is 19.6. The average molecular weight is 448 g/mol. The quantitative estimate of drug-likeness (QED) is 0.601. The van der Waals surface area contributed by atoms with Gasteiger partial charge in [-0.25, -0.2) is 4.98 Å². The lowest BCUT2D eigenvalue weighted by Crippen LogP contribution is -2.40. The van der Waals surface area contributed by atoms with E-state index in [4.69, 9.17) is 4.74 Å². The Morgan fingerprint density at radius 1 is 1.16 bits per heavy atom. The Kier molecular flexibility index (Phi) is 6.23. The van der Waals surface area contributed by atoms with Gasteiger partial charge in [-0.3, -0.25) is 9.69 Å². The van der Waals surface area contributed by atoms with Crippen LogP contribution >= 0.6 is 11.3 Å². The van der Waals surface area contributed by atoms with Gasteiger partial charge in [0.05, 0.1) is 17.3 Å². The Morgan fingerprint density at radius 2 is 1.94 bits per heavy atom. The highest BCUT2D eigenvalue weighted by atomic mass is 32.1. The van der Waals surface area contributed by atoms with E-state index < -0.39 is 0 Å². The van der Waals surface area contributed by atoms with Crippen LogP contribution < -0.4 is 10.1 Å². The molecule has 6 heteroatoms. The summed E-state index contributed by atoms with van der Waals surface area (Å²) in [6.07, 6.45) is 2.81. The standard InChI is InChI=1S/C26H29N3O2S/c1-18-28-24(17-32-18)16-29-11-8-21(9-12-29)26(30)27-15-19-2-4-20(5-3-19)22-6-7-25-23(14-22)10-13-31-25/h2-7,14,17,21H,8-13,15-16H2,1H3,(H,27,30). The molecule has 0 saturated carbocycles. The summed E-state index contributed by atoms with van der Waals surface area (Å²) in [5.74, 6) is 1.30. The summed E-state index contributed by atoms with van der Waals surface area (Å²) in [7, 11) is 0. The molecule has 0 radical (unpaired) electrons. The van der Waals surface area contributed by atoms with Crippen molar-refractivity contribution < 1.29 is 9.53 Å². The number of likely N-dealkylation sites (tertiary alicyclic amines) is 1. The minimum absolute atomic E-state index is 0.108. The van der Waals surface area contributed by atoms with Crippen molar-refractivity contribution in [1.29, 1.82) is 0 Å². The van der Waals surface area contributed by atoms with Gasteiger partial charge in [0.15, 0.2) is 0 Å². The van der Waals surface area contributed by atoms with Crippen LogP contribution in [0, 0.1) is 12.8 Å². The summed E-state index contributed by atoms with van der Waals surface area (Å²) in [5, 5.41) is 6.40. The molecule has 32 heavy (non-hydrogen) atoms. The first-order valence-electron chi connectivity index (χ1n) is 11.4. The largest absolute Gasteiger partial charge is 0.493 e. The third-order valence-electron chi connectivity index (χ3n) is 6.45. The van der Waals surface area contributed by atoms with E-state index in [1.54, 1.807) is 11.3 Å². The number of ether oxygens (including phenoxy) is 1. The predicted molar refractivity (Wildman–Crippen MR) is 128 cm³/mol. The number of aryl methyl sites for hydroxylation is 1. The van der Waals surface area contributed by atoms with Gasteiger partial charge in [0.25, 0.3) is 0 Å². The minimum atomic E-state index is 0.108. The van der Waals surface area contributed by atoms with Crippen molar-refractivity contribution in [2.45, 2.75) is 39.3 Å². The van der Waals surface area contributed by atoms with Crippen LogP contribution in [0.2, 0.25) is 0 Å². The Hall–Kier alpha value is -2.70. The summed E-state index contributed by atoms with van der Waals surface area (Å²) >= 11 is 1.70. The zero-order valence-electron chi connectivity index (χ0n) is 18.5. The number of thiazole rings is 1. The number of carbonyl (C=O) groups is 1. The Bertz CT molecular complexity index is 1080. The highest BCUT2D eigenvalue weighted by Crippen LogP contribution is 2.30.